The molecule has 0 spiro atoms. The summed E-state index contributed by atoms with van der Waals surface area (Å²) in [5, 5.41) is 8.52. The lowest BCUT2D eigenvalue weighted by Gasteiger charge is -2.16. The van der Waals surface area contributed by atoms with E-state index in [-0.39, 0.29) is 25.9 Å². The molecule has 0 bridgehead atoms. The zero-order valence-electron chi connectivity index (χ0n) is 24.1. The number of hydrogen-bond donors (Lipinski definition) is 2. The normalized spacial score (nSPS) is 11.3. The largest absolute Gasteiger partial charge is 0.493 e. The van der Waals surface area contributed by atoms with Crippen molar-refractivity contribution in [1.82, 2.24) is 14.7 Å². The molecule has 0 radical (unpaired) electrons. The van der Waals surface area contributed by atoms with Crippen LogP contribution in [0, 0.1) is 32.5 Å². The third-order valence-electron chi connectivity index (χ3n) is 6.10. The van der Waals surface area contributed by atoms with E-state index < -0.39 is 38.4 Å². The zero-order chi connectivity index (χ0) is 31.5. The number of aromatic nitrogens is 2. The summed E-state index contributed by atoms with van der Waals surface area (Å²) >= 11 is 0. The van der Waals surface area contributed by atoms with Crippen LogP contribution in [0.4, 0.5) is 4.39 Å². The van der Waals surface area contributed by atoms with Gasteiger partial charge in [-0.2, -0.15) is 8.42 Å². The van der Waals surface area contributed by atoms with Gasteiger partial charge >= 0.3 is 5.97 Å². The molecule has 10 nitrogen and oxygen atoms in total. The Labute approximate surface area is 251 Å². The quantitative estimate of drug-likeness (QED) is 0.210. The fourth-order valence-electron chi connectivity index (χ4n) is 4.25. The second-order valence-corrected chi connectivity index (χ2v) is 12.0. The predicted octanol–water partition coefficient (Wildman–Crippen LogP) is 6.34. The van der Waals surface area contributed by atoms with Gasteiger partial charge in [-0.15, -0.1) is 0 Å². The van der Waals surface area contributed by atoms with Crippen LogP contribution < -0.4 is 14.2 Å². The maximum atomic E-state index is 14.5. The van der Waals surface area contributed by atoms with Crippen LogP contribution in [0.5, 0.6) is 17.4 Å². The van der Waals surface area contributed by atoms with E-state index in [9.17, 15) is 27.5 Å². The topological polar surface area (TPSA) is 145 Å². The van der Waals surface area contributed by atoms with Gasteiger partial charge in [-0.05, 0) is 74.2 Å². The Morgan fingerprint density at radius 3 is 2.35 bits per heavy atom. The number of hydrogen-bond acceptors (Lipinski definition) is 8. The summed E-state index contributed by atoms with van der Waals surface area (Å²) in [6.45, 7) is 9.84. The molecule has 43 heavy (non-hydrogen) atoms. The summed E-state index contributed by atoms with van der Waals surface area (Å²) in [7, 11) is -4.59. The summed E-state index contributed by atoms with van der Waals surface area (Å²) in [5.41, 5.74) is 2.30. The number of carbonyl (C=O) groups excluding carboxylic acids is 1. The minimum Gasteiger partial charge on any atom is -0.493 e. The Kier molecular flexibility index (Phi) is 9.10. The van der Waals surface area contributed by atoms with E-state index in [2.05, 4.69) is 9.97 Å². The van der Waals surface area contributed by atoms with Crippen LogP contribution in [-0.4, -0.2) is 42.0 Å². The summed E-state index contributed by atoms with van der Waals surface area (Å²) in [5.74, 6) is -2.42. The van der Waals surface area contributed by atoms with Crippen LogP contribution in [0.1, 0.15) is 54.2 Å². The molecule has 0 aliphatic heterocycles. The Morgan fingerprint density at radius 2 is 1.70 bits per heavy atom. The minimum atomic E-state index is -4.59. The smallest absolute Gasteiger partial charge is 0.354 e. The molecule has 228 valence electrons. The number of carbonyl (C=O) groups is 2. The van der Waals surface area contributed by atoms with Crippen molar-refractivity contribution < 1.29 is 39.8 Å². The van der Waals surface area contributed by atoms with Crippen LogP contribution in [0.3, 0.4) is 0 Å². The summed E-state index contributed by atoms with van der Waals surface area (Å²) in [6.07, 6.45) is 0. The maximum Gasteiger partial charge on any atom is 0.354 e. The number of halogens is 1. The predicted molar refractivity (Wildman–Crippen MR) is 161 cm³/mol. The number of amides is 1. The molecule has 4 aromatic rings. The molecule has 2 N–H and O–H groups in total. The molecule has 1 amide bonds. The number of sulfonamides is 1. The summed E-state index contributed by atoms with van der Waals surface area (Å²) in [4.78, 5) is 32.7. The van der Waals surface area contributed by atoms with Gasteiger partial charge < -0.3 is 14.6 Å². The number of pyridine rings is 2. The fourth-order valence-corrected chi connectivity index (χ4v) is 5.18. The summed E-state index contributed by atoms with van der Waals surface area (Å²) in [6, 6.07) is 14.0. The first kappa shape index (κ1) is 31.1. The molecule has 0 saturated carbocycles. The molecule has 0 aliphatic carbocycles. The van der Waals surface area contributed by atoms with Crippen molar-refractivity contribution in [2.75, 3.05) is 6.61 Å². The lowest BCUT2D eigenvalue weighted by molar-refractivity contribution is 0.0689. The molecule has 12 heteroatoms. The van der Waals surface area contributed by atoms with E-state index in [1.165, 1.54) is 30.3 Å². The van der Waals surface area contributed by atoms with Gasteiger partial charge in [0.25, 0.3) is 15.9 Å². The van der Waals surface area contributed by atoms with E-state index in [0.717, 1.165) is 28.8 Å². The van der Waals surface area contributed by atoms with E-state index in [4.69, 9.17) is 9.47 Å². The molecule has 0 atom stereocenters. The highest BCUT2D eigenvalue weighted by Gasteiger charge is 2.25. The van der Waals surface area contributed by atoms with Crippen LogP contribution >= 0.6 is 0 Å². The lowest BCUT2D eigenvalue weighted by Crippen LogP contribution is -2.32. The van der Waals surface area contributed by atoms with E-state index in [1.54, 1.807) is 6.07 Å². The SMILES string of the molecule is Cc1cc(C)c(Oc2nc(-c3cc(F)cc(OCC(C)C)c3)ccc2C(=O)NS(=O)(=O)c2cccc(C(=O)O)n2)c(C)c1.[HH].[HH]. The molecular formula is C31H34FN3O7S. The number of nitrogens with one attached hydrogen (secondary N) is 1. The number of benzene rings is 2. The second-order valence-electron chi connectivity index (χ2n) is 10.4. The number of nitrogens with zero attached hydrogens (tertiary/aromatic N) is 2. The van der Waals surface area contributed by atoms with Gasteiger partial charge in [-0.3, -0.25) is 4.79 Å². The second kappa shape index (κ2) is 12.6. The van der Waals surface area contributed by atoms with Gasteiger partial charge in [0, 0.05) is 14.5 Å². The van der Waals surface area contributed by atoms with E-state index in [0.29, 0.717) is 23.7 Å². The Hall–Kier alpha value is -4.84. The standard InChI is InChI=1S/C31H30FN3O7S.2H2/c1-17(2)16-41-23-14-21(13-22(32)15-23)25-10-9-24(30(34-25)42-28-19(4)11-18(3)12-20(28)5)29(36)35-43(39,40)27-8-6-7-26(33-27)31(37)38;;/h6-15,17H,16H2,1-5H3,(H,35,36)(H,37,38);2*1H. The number of ether oxygens (including phenoxy) is 2. The average Bonchev–Trinajstić information content (AvgIpc) is 2.93. The fraction of sp³-hybridized carbons (Fsp3) is 0.226. The molecule has 2 heterocycles. The molecule has 0 unspecified atom stereocenters. The third kappa shape index (κ3) is 7.52. The van der Waals surface area contributed by atoms with Crippen molar-refractivity contribution in [2.45, 2.75) is 39.6 Å². The Balaban J connectivity index is 0.00000353. The number of carboxylic acid groups (broad SMARTS) is 1. The van der Waals surface area contributed by atoms with E-state index >= 15 is 0 Å². The van der Waals surface area contributed by atoms with Crippen LogP contribution in [0.15, 0.2) is 65.7 Å². The van der Waals surface area contributed by atoms with E-state index in [1.807, 2.05) is 51.5 Å². The van der Waals surface area contributed by atoms with Crippen LogP contribution in [0.25, 0.3) is 11.3 Å². The first-order valence-corrected chi connectivity index (χ1v) is 14.7. The monoisotopic (exact) mass is 611 g/mol. The average molecular weight is 612 g/mol. The molecule has 0 saturated heterocycles. The van der Waals surface area contributed by atoms with Crippen molar-refractivity contribution in [3.63, 3.8) is 0 Å². The highest BCUT2D eigenvalue weighted by molar-refractivity contribution is 7.90. The zero-order valence-corrected chi connectivity index (χ0v) is 25.0. The first-order chi connectivity index (χ1) is 20.2. The van der Waals surface area contributed by atoms with Crippen molar-refractivity contribution in [3.05, 3.63) is 94.4 Å². The van der Waals surface area contributed by atoms with Crippen molar-refractivity contribution in [2.24, 2.45) is 5.92 Å². The molecule has 0 aliphatic rings. The van der Waals surface area contributed by atoms with Gasteiger partial charge in [0.05, 0.1) is 12.3 Å². The number of aromatic carboxylic acids is 1. The molecule has 2 aromatic heterocycles. The van der Waals surface area contributed by atoms with Crippen molar-refractivity contribution >= 4 is 21.9 Å². The third-order valence-corrected chi connectivity index (χ3v) is 7.34. The van der Waals surface area contributed by atoms with Crippen molar-refractivity contribution in [1.29, 1.82) is 0 Å². The van der Waals surface area contributed by atoms with Gasteiger partial charge in [-0.1, -0.05) is 37.6 Å². The minimum absolute atomic E-state index is 0. The number of rotatable bonds is 10. The Bertz CT molecular complexity index is 1810. The van der Waals surface area contributed by atoms with Gasteiger partial charge in [0.15, 0.2) is 5.03 Å². The molecule has 4 rings (SSSR count). The van der Waals surface area contributed by atoms with Crippen LogP contribution in [0.2, 0.25) is 0 Å². The van der Waals surface area contributed by atoms with Crippen LogP contribution in [-0.2, 0) is 10.0 Å². The van der Waals surface area contributed by atoms with Crippen molar-refractivity contribution in [3.8, 4) is 28.6 Å². The molecule has 2 aromatic carbocycles. The van der Waals surface area contributed by atoms with Gasteiger partial charge in [0.2, 0.25) is 5.88 Å². The lowest BCUT2D eigenvalue weighted by atomic mass is 10.1. The van der Waals surface area contributed by atoms with Gasteiger partial charge in [-0.25, -0.2) is 23.9 Å². The molecule has 0 fully saturated rings. The number of carboxylic acids is 1. The molecular weight excluding hydrogens is 577 g/mol. The highest BCUT2D eigenvalue weighted by atomic mass is 32.2. The number of aryl methyl sites for hydroxylation is 3. The Morgan fingerprint density at radius 1 is 1.00 bits per heavy atom. The first-order valence-electron chi connectivity index (χ1n) is 13.2. The highest BCUT2D eigenvalue weighted by Crippen LogP contribution is 2.33. The van der Waals surface area contributed by atoms with Gasteiger partial charge in [0.1, 0.15) is 28.6 Å². The summed E-state index contributed by atoms with van der Waals surface area (Å²) < 4.78 is 54.2. The maximum absolute atomic E-state index is 14.5.